The number of ketones is 1. The van der Waals surface area contributed by atoms with E-state index in [1.54, 1.807) is 24.3 Å². The van der Waals surface area contributed by atoms with Gasteiger partial charge in [0.2, 0.25) is 0 Å². The second-order valence-corrected chi connectivity index (χ2v) is 22.5. The smallest absolute Gasteiger partial charge is 0.309 e. The van der Waals surface area contributed by atoms with Gasteiger partial charge < -0.3 is 25.6 Å². The van der Waals surface area contributed by atoms with Crippen LogP contribution in [0, 0.1) is 68.0 Å². The summed E-state index contributed by atoms with van der Waals surface area (Å²) < 4.78 is 6.43. The van der Waals surface area contributed by atoms with Crippen molar-refractivity contribution in [2.24, 2.45) is 68.0 Å². The fourth-order valence-corrected chi connectivity index (χ4v) is 15.0. The Morgan fingerprint density at radius 1 is 0.864 bits per heavy atom. The molecule has 59 heavy (non-hydrogen) atoms. The Morgan fingerprint density at radius 3 is 2.19 bits per heavy atom. The molecule has 4 N–H and O–H groups in total. The van der Waals surface area contributed by atoms with E-state index in [9.17, 15) is 29.4 Å². The fraction of sp³-hybridized carbons (Fsp3) is 0.755. The molecule has 10 heteroatoms. The van der Waals surface area contributed by atoms with Gasteiger partial charge in [-0.2, -0.15) is 0 Å². The fourth-order valence-electron chi connectivity index (χ4n) is 14.8. The summed E-state index contributed by atoms with van der Waals surface area (Å²) >= 11 is 6.01. The van der Waals surface area contributed by atoms with Crippen LogP contribution in [-0.2, 0) is 19.1 Å². The molecule has 0 aliphatic heterocycles. The number of allylic oxidation sites excluding steroid dienone is 2. The highest BCUT2D eigenvalue weighted by Gasteiger charge is 2.70. The first-order valence-electron chi connectivity index (χ1n) is 22.7. The predicted octanol–water partition coefficient (Wildman–Crippen LogP) is 9.05. The Bertz CT molecular complexity index is 1870. The summed E-state index contributed by atoms with van der Waals surface area (Å²) in [7, 11) is 0. The number of carbonyl (C=O) groups excluding carboxylic acids is 3. The van der Waals surface area contributed by atoms with Crippen LogP contribution in [0.4, 0.5) is 0 Å². The SMILES string of the molecule is CC(C)C1=C2[C@H]3CC[C@@H]4[C@@]5(C)CC[C@H](OC(=O)[C@H]6C[C@@H](C(=O)O)C6(C)C)C(C)(C)[C@@H]5CC[C@@]4(C)[C@]3(C)CC[C@@]2(CCNC[C@@H](CO)NC(=O)c2ccc(Cl)cc2)CC1=O. The summed E-state index contributed by atoms with van der Waals surface area (Å²) in [6, 6.07) is 6.27. The first-order chi connectivity index (χ1) is 27.6. The van der Waals surface area contributed by atoms with Crippen molar-refractivity contribution >= 4 is 35.2 Å². The van der Waals surface area contributed by atoms with E-state index in [1.807, 2.05) is 13.8 Å². The van der Waals surface area contributed by atoms with Crippen LogP contribution in [0.2, 0.25) is 5.02 Å². The van der Waals surface area contributed by atoms with Crippen LogP contribution in [0.3, 0.4) is 0 Å². The quantitative estimate of drug-likeness (QED) is 0.121. The number of benzene rings is 1. The molecule has 1 aromatic carbocycles. The third kappa shape index (κ3) is 7.03. The number of aliphatic hydroxyl groups is 1. The Labute approximate surface area is 357 Å². The number of halogens is 1. The van der Waals surface area contributed by atoms with E-state index < -0.39 is 23.3 Å². The first-order valence-corrected chi connectivity index (χ1v) is 23.0. The summed E-state index contributed by atoms with van der Waals surface area (Å²) in [5.74, 6) is -0.469. The van der Waals surface area contributed by atoms with E-state index in [0.717, 1.165) is 63.4 Å². The average Bonchev–Trinajstić information content (AvgIpc) is 3.46. The van der Waals surface area contributed by atoms with Gasteiger partial charge >= 0.3 is 11.9 Å². The van der Waals surface area contributed by atoms with E-state index in [1.165, 1.54) is 5.57 Å². The van der Waals surface area contributed by atoms with Crippen molar-refractivity contribution in [3.8, 4) is 0 Å². The van der Waals surface area contributed by atoms with Gasteiger partial charge in [0.05, 0.1) is 24.5 Å². The van der Waals surface area contributed by atoms with Crippen molar-refractivity contribution in [3.63, 3.8) is 0 Å². The zero-order chi connectivity index (χ0) is 43.1. The summed E-state index contributed by atoms with van der Waals surface area (Å²) in [6.45, 7) is 21.4. The van der Waals surface area contributed by atoms with Crippen molar-refractivity contribution in [1.82, 2.24) is 10.6 Å². The lowest BCUT2D eigenvalue weighted by Crippen LogP contribution is -2.66. The number of Topliss-reactive ketones (excluding diaryl/α,β-unsaturated/α-hetero) is 1. The van der Waals surface area contributed by atoms with E-state index in [-0.39, 0.29) is 63.5 Å². The molecule has 9 nitrogen and oxygen atoms in total. The topological polar surface area (TPSA) is 142 Å². The van der Waals surface area contributed by atoms with Crippen molar-refractivity contribution in [2.45, 2.75) is 145 Å². The maximum atomic E-state index is 14.1. The van der Waals surface area contributed by atoms with Crippen molar-refractivity contribution < 1.29 is 34.1 Å². The van der Waals surface area contributed by atoms with Gasteiger partial charge in [0.15, 0.2) is 5.78 Å². The molecule has 0 heterocycles. The molecule has 0 aromatic heterocycles. The molecule has 5 saturated carbocycles. The highest BCUT2D eigenvalue weighted by Crippen LogP contribution is 2.77. The molecular formula is C49H71ClN2O7. The Kier molecular flexibility index (Phi) is 11.7. The van der Waals surface area contributed by atoms with Gasteiger partial charge in [0, 0.05) is 34.4 Å². The van der Waals surface area contributed by atoms with Crippen LogP contribution in [0.25, 0.3) is 0 Å². The summed E-state index contributed by atoms with van der Waals surface area (Å²) in [5, 5.41) is 26.9. The number of aliphatic hydroxyl groups excluding tert-OH is 1. The third-order valence-corrected chi connectivity index (χ3v) is 18.7. The number of carboxylic acids is 1. The van der Waals surface area contributed by atoms with E-state index in [4.69, 9.17) is 16.3 Å². The molecule has 326 valence electrons. The minimum Gasteiger partial charge on any atom is -0.481 e. The molecule has 6 aliphatic rings. The molecule has 6 aliphatic carbocycles. The van der Waals surface area contributed by atoms with Gasteiger partial charge in [-0.15, -0.1) is 0 Å². The number of ether oxygens (including phenoxy) is 1. The number of carbonyl (C=O) groups is 4. The number of nitrogens with one attached hydrogen (secondary N) is 2. The molecule has 0 radical (unpaired) electrons. The molecule has 0 spiro atoms. The summed E-state index contributed by atoms with van der Waals surface area (Å²) in [6.07, 6.45) is 9.88. The minimum absolute atomic E-state index is 0.0405. The monoisotopic (exact) mass is 834 g/mol. The van der Waals surface area contributed by atoms with Crippen LogP contribution in [-0.4, -0.2) is 65.7 Å². The van der Waals surface area contributed by atoms with Crippen molar-refractivity contribution in [3.05, 3.63) is 46.0 Å². The molecule has 0 bridgehead atoms. The minimum atomic E-state index is -0.833. The lowest BCUT2D eigenvalue weighted by atomic mass is 9.33. The highest BCUT2D eigenvalue weighted by atomic mass is 35.5. The molecule has 7 rings (SSSR count). The number of hydrogen-bond donors (Lipinski definition) is 4. The largest absolute Gasteiger partial charge is 0.481 e. The van der Waals surface area contributed by atoms with E-state index >= 15 is 0 Å². The number of amides is 1. The molecule has 1 amide bonds. The lowest BCUT2D eigenvalue weighted by Gasteiger charge is -2.72. The van der Waals surface area contributed by atoms with Crippen LogP contribution < -0.4 is 10.6 Å². The van der Waals surface area contributed by atoms with E-state index in [2.05, 4.69) is 59.1 Å². The molecule has 0 unspecified atom stereocenters. The van der Waals surface area contributed by atoms with Gasteiger partial charge in [0.25, 0.3) is 5.91 Å². The molecule has 1 aromatic rings. The van der Waals surface area contributed by atoms with Gasteiger partial charge in [-0.3, -0.25) is 19.2 Å². The van der Waals surface area contributed by atoms with Crippen LogP contribution in [0.5, 0.6) is 0 Å². The van der Waals surface area contributed by atoms with Gasteiger partial charge in [-0.1, -0.05) is 79.5 Å². The summed E-state index contributed by atoms with van der Waals surface area (Å²) in [5.41, 5.74) is 2.24. The van der Waals surface area contributed by atoms with Gasteiger partial charge in [0.1, 0.15) is 6.10 Å². The maximum absolute atomic E-state index is 14.1. The Balaban J connectivity index is 1.06. The second-order valence-electron chi connectivity index (χ2n) is 22.1. The zero-order valence-electron chi connectivity index (χ0n) is 37.1. The van der Waals surface area contributed by atoms with Crippen LogP contribution in [0.1, 0.15) is 143 Å². The number of carboxylic acid groups (broad SMARTS) is 1. The molecular weight excluding hydrogens is 764 g/mol. The van der Waals surface area contributed by atoms with Crippen molar-refractivity contribution in [2.75, 3.05) is 19.7 Å². The van der Waals surface area contributed by atoms with Crippen LogP contribution in [0.15, 0.2) is 35.4 Å². The molecule has 0 saturated heterocycles. The number of aliphatic carboxylic acids is 1. The van der Waals surface area contributed by atoms with Crippen molar-refractivity contribution in [1.29, 1.82) is 0 Å². The Hall–Kier alpha value is -2.75. The third-order valence-electron chi connectivity index (χ3n) is 18.5. The number of esters is 1. The second kappa shape index (κ2) is 15.6. The number of fused-ring (bicyclic) bond motifs is 7. The maximum Gasteiger partial charge on any atom is 0.309 e. The number of rotatable bonds is 12. The highest BCUT2D eigenvalue weighted by molar-refractivity contribution is 6.30. The molecule has 11 atom stereocenters. The molecule has 5 fully saturated rings. The van der Waals surface area contributed by atoms with Crippen LogP contribution >= 0.6 is 11.6 Å². The lowest BCUT2D eigenvalue weighted by molar-refractivity contribution is -0.236. The van der Waals surface area contributed by atoms with E-state index in [0.29, 0.717) is 60.1 Å². The average molecular weight is 836 g/mol. The normalized spacial score (nSPS) is 38.6. The Morgan fingerprint density at radius 2 is 1.56 bits per heavy atom. The summed E-state index contributed by atoms with van der Waals surface area (Å²) in [4.78, 5) is 52.4. The predicted molar refractivity (Wildman–Crippen MR) is 230 cm³/mol. The van der Waals surface area contributed by atoms with Gasteiger partial charge in [-0.05, 0) is 146 Å². The number of hydrogen-bond acceptors (Lipinski definition) is 7. The van der Waals surface area contributed by atoms with Gasteiger partial charge in [-0.25, -0.2) is 0 Å². The standard InChI is InChI=1S/C49H71ClN2O7/c1-28(2)39-35(54)25-49(22-23-51-26-31(27-53)52-41(55)29-10-12-30(50)13-11-29)21-20-47(8)32(40(39)49)14-15-37-46(7)18-17-38(45(5,6)36(46)16-19-48(37,47)9)59-43(58)34-24-33(42(56)57)44(34,3)4/h10-13,28,31-34,36-38,51,53H,14-27H2,1-9H3,(H,52,55)(H,56,57)/t31-,32+,33-,34+,36-,37+,38-,46-,47+,48+,49+/m0/s1. The first kappa shape index (κ1) is 44.3. The zero-order valence-corrected chi connectivity index (χ0v) is 37.9.